The zero-order valence-corrected chi connectivity index (χ0v) is 26.1. The van der Waals surface area contributed by atoms with E-state index in [4.69, 9.17) is 0 Å². The van der Waals surface area contributed by atoms with Crippen LogP contribution in [0.25, 0.3) is 0 Å². The fraction of sp³-hybridized carbons (Fsp3) is 0.606. The van der Waals surface area contributed by atoms with Crippen LogP contribution in [0.4, 0.5) is 0 Å². The predicted molar refractivity (Wildman–Crippen MR) is 166 cm³/mol. The Labute approximate surface area is 249 Å². The average Bonchev–Trinajstić information content (AvgIpc) is 3.62. The van der Waals surface area contributed by atoms with E-state index >= 15 is 0 Å². The van der Waals surface area contributed by atoms with Crippen molar-refractivity contribution in [3.05, 3.63) is 63.7 Å². The van der Waals surface area contributed by atoms with Crippen molar-refractivity contribution in [2.45, 2.75) is 97.4 Å². The number of aryl methyl sites for hydroxylation is 1. The van der Waals surface area contributed by atoms with Gasteiger partial charge in [0, 0.05) is 42.2 Å². The molecule has 1 aromatic heterocycles. The summed E-state index contributed by atoms with van der Waals surface area (Å²) in [5.74, 6) is 2.31. The normalized spacial score (nSPS) is 27.2. The number of thiazole rings is 1. The summed E-state index contributed by atoms with van der Waals surface area (Å²) in [6.07, 6.45) is 4.78. The first-order valence-corrected chi connectivity index (χ1v) is 16.1. The van der Waals surface area contributed by atoms with Crippen LogP contribution in [0.1, 0.15) is 92.2 Å². The number of hydrogen-bond donors (Lipinski definition) is 3. The van der Waals surface area contributed by atoms with Crippen molar-refractivity contribution < 1.29 is 9.90 Å². The number of hydrogen-bond acceptors (Lipinski definition) is 6. The number of likely N-dealkylation sites (tertiary alicyclic amines) is 1. The minimum atomic E-state index is -0.534. The standard InChI is InChI=1S/C33H47N5O2S/c1-20-11-12-24(29-22(3)36-19-41-29)15-23(20)13-14-35-21(2)28-16-26(39)18-37(28)31(34)30(33(4,5)6)38-17-25-9-7-8-10-27(25)32(38)40/h7-10,19-20,23-24,26,28,30,34-35,39H,2,11-18H2,1,3-6H3/t20?,23?,24-,26-,28?,30?/m1/s1. The lowest BCUT2D eigenvalue weighted by Gasteiger charge is -2.42. The van der Waals surface area contributed by atoms with Gasteiger partial charge in [-0.05, 0) is 67.4 Å². The Morgan fingerprint density at radius 1 is 1.27 bits per heavy atom. The van der Waals surface area contributed by atoms with Crippen molar-refractivity contribution in [3.8, 4) is 0 Å². The number of aromatic nitrogens is 1. The Kier molecular flexibility index (Phi) is 8.63. The van der Waals surface area contributed by atoms with E-state index in [-0.39, 0.29) is 17.4 Å². The lowest BCUT2D eigenvalue weighted by atomic mass is 9.73. The Hall–Kier alpha value is -2.71. The minimum Gasteiger partial charge on any atom is -0.391 e. The number of fused-ring (bicyclic) bond motifs is 1. The van der Waals surface area contributed by atoms with Crippen molar-refractivity contribution in [1.82, 2.24) is 20.1 Å². The lowest BCUT2D eigenvalue weighted by molar-refractivity contribution is 0.0632. The maximum Gasteiger partial charge on any atom is 0.255 e. The molecule has 1 saturated carbocycles. The summed E-state index contributed by atoms with van der Waals surface area (Å²) in [5.41, 5.74) is 5.40. The van der Waals surface area contributed by atoms with Gasteiger partial charge in [-0.15, -0.1) is 11.3 Å². The van der Waals surface area contributed by atoms with Crippen molar-refractivity contribution in [2.75, 3.05) is 13.1 Å². The fourth-order valence-corrected chi connectivity index (χ4v) is 8.33. The summed E-state index contributed by atoms with van der Waals surface area (Å²) in [4.78, 5) is 23.2. The number of amidine groups is 1. The second-order valence-electron chi connectivity index (χ2n) is 13.6. The molecule has 5 rings (SSSR count). The smallest absolute Gasteiger partial charge is 0.255 e. The van der Waals surface area contributed by atoms with Gasteiger partial charge in [-0.2, -0.15) is 0 Å². The number of nitrogens with zero attached hydrogens (tertiary/aromatic N) is 3. The molecule has 1 aromatic carbocycles. The van der Waals surface area contributed by atoms with Gasteiger partial charge in [0.2, 0.25) is 0 Å². The number of amides is 1. The van der Waals surface area contributed by atoms with Crippen LogP contribution in [0.15, 0.2) is 42.1 Å². The Bertz CT molecular complexity index is 1280. The van der Waals surface area contributed by atoms with E-state index < -0.39 is 12.1 Å². The van der Waals surface area contributed by atoms with Crippen molar-refractivity contribution >= 4 is 23.1 Å². The summed E-state index contributed by atoms with van der Waals surface area (Å²) in [5, 5.41) is 23.7. The van der Waals surface area contributed by atoms with E-state index in [0.717, 1.165) is 29.8 Å². The highest BCUT2D eigenvalue weighted by atomic mass is 32.1. The van der Waals surface area contributed by atoms with Crippen LogP contribution < -0.4 is 5.32 Å². The molecular formula is C33H47N5O2S. The Balaban J connectivity index is 1.24. The topological polar surface area (TPSA) is 92.6 Å². The molecule has 0 bridgehead atoms. The third kappa shape index (κ3) is 6.09. The largest absolute Gasteiger partial charge is 0.391 e. The predicted octanol–water partition coefficient (Wildman–Crippen LogP) is 5.95. The number of benzene rings is 1. The Morgan fingerprint density at radius 2 is 2.02 bits per heavy atom. The molecule has 3 heterocycles. The molecule has 0 radical (unpaired) electrons. The third-order valence-corrected chi connectivity index (χ3v) is 10.7. The van der Waals surface area contributed by atoms with E-state index in [9.17, 15) is 15.3 Å². The van der Waals surface area contributed by atoms with Crippen molar-refractivity contribution in [2.24, 2.45) is 17.3 Å². The highest BCUT2D eigenvalue weighted by Crippen LogP contribution is 2.43. The summed E-state index contributed by atoms with van der Waals surface area (Å²) < 4.78 is 0. The van der Waals surface area contributed by atoms with Gasteiger partial charge in [0.15, 0.2) is 0 Å². The molecule has 2 fully saturated rings. The summed E-state index contributed by atoms with van der Waals surface area (Å²) in [7, 11) is 0. The molecule has 1 amide bonds. The number of aliphatic hydroxyl groups excluding tert-OH is 1. The molecule has 41 heavy (non-hydrogen) atoms. The van der Waals surface area contributed by atoms with Crippen LogP contribution in [-0.2, 0) is 6.54 Å². The maximum absolute atomic E-state index is 13.4. The first-order valence-electron chi connectivity index (χ1n) is 15.2. The molecule has 4 unspecified atom stereocenters. The van der Waals surface area contributed by atoms with Crippen LogP contribution in [-0.4, -0.2) is 62.9 Å². The maximum atomic E-state index is 13.4. The van der Waals surface area contributed by atoms with E-state index in [0.29, 0.717) is 43.1 Å². The molecule has 2 aromatic rings. The number of β-amino-alcohol motifs (C(OH)–C–C–N with tert-alkyl or cyclic N) is 1. The Morgan fingerprint density at radius 3 is 2.71 bits per heavy atom. The SMILES string of the molecule is C=C(NCCC1C[C@H](c2scnc2C)CCC1C)C1C[C@@H](O)CN1C(=N)C(N1Cc2ccccc2C1=O)C(C)(C)C. The van der Waals surface area contributed by atoms with Gasteiger partial charge >= 0.3 is 0 Å². The van der Waals surface area contributed by atoms with E-state index in [1.807, 2.05) is 39.6 Å². The van der Waals surface area contributed by atoms with Gasteiger partial charge in [0.05, 0.1) is 29.4 Å². The molecule has 1 saturated heterocycles. The van der Waals surface area contributed by atoms with Gasteiger partial charge in [-0.25, -0.2) is 4.98 Å². The van der Waals surface area contributed by atoms with Gasteiger partial charge < -0.3 is 20.2 Å². The second kappa shape index (κ2) is 11.9. The summed E-state index contributed by atoms with van der Waals surface area (Å²) in [6.45, 7) is 16.9. The number of carbonyl (C=O) groups excluding carboxylic acids is 1. The van der Waals surface area contributed by atoms with Crippen LogP contribution in [0.3, 0.4) is 0 Å². The first-order chi connectivity index (χ1) is 19.5. The number of nitrogens with one attached hydrogen (secondary N) is 2. The highest BCUT2D eigenvalue weighted by molar-refractivity contribution is 7.09. The third-order valence-electron chi connectivity index (χ3n) is 9.61. The van der Waals surface area contributed by atoms with Crippen molar-refractivity contribution in [3.63, 3.8) is 0 Å². The number of rotatable bonds is 8. The van der Waals surface area contributed by atoms with Crippen LogP contribution in [0.5, 0.6) is 0 Å². The molecule has 8 heteroatoms. The molecule has 222 valence electrons. The van der Waals surface area contributed by atoms with Crippen molar-refractivity contribution in [1.29, 1.82) is 5.41 Å². The zero-order chi connectivity index (χ0) is 29.5. The molecular weight excluding hydrogens is 530 g/mol. The monoisotopic (exact) mass is 577 g/mol. The summed E-state index contributed by atoms with van der Waals surface area (Å²) >= 11 is 1.80. The van der Waals surface area contributed by atoms with Gasteiger partial charge in [-0.1, -0.05) is 52.5 Å². The molecule has 6 atom stereocenters. The lowest BCUT2D eigenvalue weighted by Crippen LogP contribution is -2.56. The number of carbonyl (C=O) groups is 1. The molecule has 3 aliphatic rings. The molecule has 7 nitrogen and oxygen atoms in total. The first kappa shape index (κ1) is 29.8. The minimum absolute atomic E-state index is 0.0213. The highest BCUT2D eigenvalue weighted by Gasteiger charge is 2.45. The van der Waals surface area contributed by atoms with Gasteiger partial charge in [0.25, 0.3) is 5.91 Å². The van der Waals surface area contributed by atoms with E-state index in [1.165, 1.54) is 29.8 Å². The van der Waals surface area contributed by atoms with Gasteiger partial charge in [0.1, 0.15) is 5.84 Å². The van der Waals surface area contributed by atoms with Gasteiger partial charge in [-0.3, -0.25) is 10.2 Å². The molecule has 1 aliphatic carbocycles. The van der Waals surface area contributed by atoms with Crippen LogP contribution in [0, 0.1) is 29.6 Å². The molecule has 0 spiro atoms. The quantitative estimate of drug-likeness (QED) is 0.266. The van der Waals surface area contributed by atoms with Crippen LogP contribution in [0.2, 0.25) is 0 Å². The molecule has 2 aliphatic heterocycles. The van der Waals surface area contributed by atoms with E-state index in [2.05, 4.69) is 51.5 Å². The fourth-order valence-electron chi connectivity index (χ4n) is 7.37. The number of aliphatic hydroxyl groups is 1. The second-order valence-corrected chi connectivity index (χ2v) is 14.5. The zero-order valence-electron chi connectivity index (χ0n) is 25.3. The van der Waals surface area contributed by atoms with E-state index in [1.54, 1.807) is 11.3 Å². The van der Waals surface area contributed by atoms with Crippen LogP contribution >= 0.6 is 11.3 Å². The summed E-state index contributed by atoms with van der Waals surface area (Å²) in [6, 6.07) is 7.14. The average molecular weight is 578 g/mol. The molecule has 3 N–H and O–H groups in total.